The van der Waals surface area contributed by atoms with Crippen molar-refractivity contribution in [1.29, 1.82) is 0 Å². The summed E-state index contributed by atoms with van der Waals surface area (Å²) in [5.41, 5.74) is -2.19. The number of hydrogen-bond donors (Lipinski definition) is 2. The van der Waals surface area contributed by atoms with E-state index >= 15 is 0 Å². The number of imidazole rings is 1. The normalized spacial score (nSPS) is 22.4. The van der Waals surface area contributed by atoms with Gasteiger partial charge in [0.1, 0.15) is 6.29 Å². The molecule has 4 rings (SSSR count). The van der Waals surface area contributed by atoms with Crippen LogP contribution in [0, 0.1) is 5.92 Å². The molecule has 0 bridgehead atoms. The third kappa shape index (κ3) is 3.39. The summed E-state index contributed by atoms with van der Waals surface area (Å²) in [4.78, 5) is 25.8. The Morgan fingerprint density at radius 1 is 1.29 bits per heavy atom. The molecule has 1 aliphatic carbocycles. The second-order valence-corrected chi connectivity index (χ2v) is 7.08. The summed E-state index contributed by atoms with van der Waals surface area (Å²) >= 11 is 0. The number of likely N-dealkylation sites (N-methyl/N-ethyl adjacent to an activating group) is 1. The Morgan fingerprint density at radius 3 is 2.57 bits per heavy atom. The topological polar surface area (TPSA) is 76.0 Å². The average molecular weight is 396 g/mol. The number of para-hydroxylation sites is 2. The van der Waals surface area contributed by atoms with Crippen LogP contribution in [0.1, 0.15) is 38.5 Å². The summed E-state index contributed by atoms with van der Waals surface area (Å²) in [6.07, 6.45) is 3.74. The number of nitrogens with one attached hydrogen (secondary N) is 2. The summed E-state index contributed by atoms with van der Waals surface area (Å²) in [5, 5.41) is 4.25. The van der Waals surface area contributed by atoms with Crippen LogP contribution in [0.2, 0.25) is 0 Å². The van der Waals surface area contributed by atoms with Crippen LogP contribution in [0.3, 0.4) is 0 Å². The molecule has 2 aliphatic rings. The second kappa shape index (κ2) is 7.90. The number of amides is 1. The predicted molar refractivity (Wildman–Crippen MR) is 98.7 cm³/mol. The van der Waals surface area contributed by atoms with E-state index in [-0.39, 0.29) is 11.5 Å². The molecule has 2 N–H and O–H groups in total. The quantitative estimate of drug-likeness (QED) is 0.778. The fourth-order valence-electron chi connectivity index (χ4n) is 3.92. The van der Waals surface area contributed by atoms with Crippen molar-refractivity contribution in [1.82, 2.24) is 14.9 Å². The number of benzene rings is 1. The Hall–Kier alpha value is -2.42. The van der Waals surface area contributed by atoms with Crippen LogP contribution in [-0.2, 0) is 15.3 Å². The van der Waals surface area contributed by atoms with Gasteiger partial charge in [-0.2, -0.15) is 13.2 Å². The fourth-order valence-corrected chi connectivity index (χ4v) is 3.92. The van der Waals surface area contributed by atoms with Gasteiger partial charge in [-0.15, -0.1) is 0 Å². The molecule has 0 spiro atoms. The first-order valence-electron chi connectivity index (χ1n) is 9.34. The first-order chi connectivity index (χ1) is 13.3. The van der Waals surface area contributed by atoms with Gasteiger partial charge in [-0.05, 0) is 25.1 Å². The van der Waals surface area contributed by atoms with E-state index in [0.717, 1.165) is 30.2 Å². The second-order valence-electron chi connectivity index (χ2n) is 7.08. The van der Waals surface area contributed by atoms with Crippen molar-refractivity contribution in [3.05, 3.63) is 24.3 Å². The number of anilines is 1. The van der Waals surface area contributed by atoms with E-state index in [2.05, 4.69) is 15.6 Å². The lowest BCUT2D eigenvalue weighted by molar-refractivity contribution is -0.215. The van der Waals surface area contributed by atoms with Gasteiger partial charge < -0.3 is 4.79 Å². The van der Waals surface area contributed by atoms with Crippen molar-refractivity contribution < 1.29 is 22.8 Å². The highest BCUT2D eigenvalue weighted by atomic mass is 19.4. The molecule has 28 heavy (non-hydrogen) atoms. The Morgan fingerprint density at radius 2 is 1.96 bits per heavy atom. The number of carbonyl (C=O) groups excluding carboxylic acids is 2. The zero-order valence-electron chi connectivity index (χ0n) is 15.6. The number of aromatic nitrogens is 2. The van der Waals surface area contributed by atoms with Crippen molar-refractivity contribution in [2.45, 2.75) is 50.4 Å². The van der Waals surface area contributed by atoms with Crippen molar-refractivity contribution >= 4 is 29.2 Å². The van der Waals surface area contributed by atoms with Crippen LogP contribution < -0.4 is 10.6 Å². The minimum atomic E-state index is -4.79. The SMILES string of the molecule is CNC1(C(F)(F)F)C(=O)Nc2nc3ccccc3n21.O=CCC1CCCCC1. The minimum Gasteiger partial charge on any atom is -0.303 e. The highest BCUT2D eigenvalue weighted by Gasteiger charge is 2.65. The molecular weight excluding hydrogens is 373 g/mol. The van der Waals surface area contributed by atoms with Gasteiger partial charge in [0.05, 0.1) is 11.0 Å². The molecule has 1 aromatic carbocycles. The first kappa shape index (κ1) is 20.3. The van der Waals surface area contributed by atoms with E-state index in [4.69, 9.17) is 0 Å². The average Bonchev–Trinajstić information content (AvgIpc) is 3.15. The van der Waals surface area contributed by atoms with E-state index in [0.29, 0.717) is 5.52 Å². The number of alkyl halides is 3. The summed E-state index contributed by atoms with van der Waals surface area (Å²) < 4.78 is 41.0. The van der Waals surface area contributed by atoms with E-state index in [1.807, 2.05) is 0 Å². The maximum atomic E-state index is 13.4. The molecule has 0 saturated heterocycles. The molecule has 1 fully saturated rings. The fraction of sp³-hybridized carbons (Fsp3) is 0.526. The summed E-state index contributed by atoms with van der Waals surface area (Å²) in [7, 11) is 1.09. The van der Waals surface area contributed by atoms with Crippen LogP contribution in [0.5, 0.6) is 0 Å². The zero-order valence-corrected chi connectivity index (χ0v) is 15.6. The van der Waals surface area contributed by atoms with Crippen molar-refractivity contribution in [3.8, 4) is 0 Å². The molecule has 1 unspecified atom stereocenters. The number of halogens is 3. The van der Waals surface area contributed by atoms with Gasteiger partial charge in [0, 0.05) is 6.42 Å². The number of hydrogen-bond acceptors (Lipinski definition) is 4. The molecule has 1 atom stereocenters. The maximum Gasteiger partial charge on any atom is 0.435 e. The van der Waals surface area contributed by atoms with Crippen molar-refractivity contribution in [2.24, 2.45) is 5.92 Å². The smallest absolute Gasteiger partial charge is 0.303 e. The van der Waals surface area contributed by atoms with Crippen LogP contribution >= 0.6 is 0 Å². The van der Waals surface area contributed by atoms with Crippen LogP contribution in [0.25, 0.3) is 11.0 Å². The minimum absolute atomic E-state index is 0.113. The van der Waals surface area contributed by atoms with Gasteiger partial charge in [-0.25, -0.2) is 4.98 Å². The van der Waals surface area contributed by atoms with Gasteiger partial charge in [0.25, 0.3) is 11.6 Å². The van der Waals surface area contributed by atoms with Gasteiger partial charge in [-0.3, -0.25) is 20.0 Å². The first-order valence-corrected chi connectivity index (χ1v) is 9.34. The van der Waals surface area contributed by atoms with E-state index in [1.54, 1.807) is 18.2 Å². The number of rotatable bonds is 3. The van der Waals surface area contributed by atoms with Gasteiger partial charge >= 0.3 is 6.18 Å². The van der Waals surface area contributed by atoms with Gasteiger partial charge in [0.15, 0.2) is 0 Å². The van der Waals surface area contributed by atoms with Crippen molar-refractivity contribution in [2.75, 3.05) is 12.4 Å². The van der Waals surface area contributed by atoms with Crippen LogP contribution in [-0.4, -0.2) is 35.0 Å². The molecule has 2 heterocycles. The molecular formula is C19H23F3N4O2. The number of fused-ring (bicyclic) bond motifs is 3. The molecule has 1 amide bonds. The Kier molecular flexibility index (Phi) is 5.74. The van der Waals surface area contributed by atoms with E-state index < -0.39 is 17.7 Å². The maximum absolute atomic E-state index is 13.4. The predicted octanol–water partition coefficient (Wildman–Crippen LogP) is 3.58. The third-order valence-electron chi connectivity index (χ3n) is 5.38. The van der Waals surface area contributed by atoms with Crippen LogP contribution in [0.4, 0.5) is 19.1 Å². The summed E-state index contributed by atoms with van der Waals surface area (Å²) in [6, 6.07) is 6.34. The highest BCUT2D eigenvalue weighted by Crippen LogP contribution is 2.43. The molecule has 1 saturated carbocycles. The highest BCUT2D eigenvalue weighted by molar-refractivity contribution is 6.03. The molecule has 6 nitrogen and oxygen atoms in total. The van der Waals surface area contributed by atoms with Gasteiger partial charge in [-0.1, -0.05) is 44.2 Å². The number of carbonyl (C=O) groups is 2. The van der Waals surface area contributed by atoms with E-state index in [9.17, 15) is 22.8 Å². The monoisotopic (exact) mass is 396 g/mol. The van der Waals surface area contributed by atoms with Crippen LogP contribution in [0.15, 0.2) is 24.3 Å². The number of aldehydes is 1. The Balaban J connectivity index is 0.000000211. The van der Waals surface area contributed by atoms with E-state index in [1.165, 1.54) is 38.2 Å². The lowest BCUT2D eigenvalue weighted by atomic mass is 9.87. The molecule has 2 aromatic rings. The molecule has 9 heteroatoms. The Labute approximate surface area is 160 Å². The zero-order chi connectivity index (χ0) is 20.4. The standard InChI is InChI=1S/C11H9F3N4O.C8H14O/c1-15-10(11(12,13)14)8(19)17-9-16-6-4-2-3-5-7(6)18(9)10;9-7-6-8-4-2-1-3-5-8/h2-5,15H,1H3,(H,16,17,19);7-8H,1-6H2. The number of nitrogens with zero attached hydrogens (tertiary/aromatic N) is 2. The van der Waals surface area contributed by atoms with Crippen molar-refractivity contribution in [3.63, 3.8) is 0 Å². The summed E-state index contributed by atoms with van der Waals surface area (Å²) in [5.74, 6) is -0.565. The Bertz CT molecular complexity index is 858. The third-order valence-corrected chi connectivity index (χ3v) is 5.38. The lowest BCUT2D eigenvalue weighted by Gasteiger charge is -2.30. The largest absolute Gasteiger partial charge is 0.435 e. The molecule has 1 aromatic heterocycles. The molecule has 152 valence electrons. The van der Waals surface area contributed by atoms with Gasteiger partial charge in [0.2, 0.25) is 5.95 Å². The molecule has 1 aliphatic heterocycles. The summed E-state index contributed by atoms with van der Waals surface area (Å²) in [6.45, 7) is 0. The molecule has 0 radical (unpaired) electrons. The lowest BCUT2D eigenvalue weighted by Crippen LogP contribution is -2.60.